The number of nitrogens with zero attached hydrogens (tertiary/aromatic N) is 3. The normalized spacial score (nSPS) is 20.6. The van der Waals surface area contributed by atoms with Crippen LogP contribution in [0, 0.1) is 0 Å². The molecule has 2 aliphatic heterocycles. The number of ether oxygens (including phenoxy) is 1. The third-order valence-corrected chi connectivity index (χ3v) is 5.29. The van der Waals surface area contributed by atoms with E-state index < -0.39 is 0 Å². The first-order chi connectivity index (χ1) is 12.8. The molecule has 0 aliphatic carbocycles. The fourth-order valence-corrected chi connectivity index (χ4v) is 3.88. The standard InChI is InChI=1S/C21H28N4O/c1-2-26-18-8-6-16(7-9-18)14-25-12-10-19-17(15-25)13-23-21(24-19)20-5-3-4-11-22-20/h6-9,13,20,22H,2-5,10-12,14-15H2,1H3. The number of hydrogen-bond donors (Lipinski definition) is 1. The van der Waals surface area contributed by atoms with Gasteiger partial charge in [-0.3, -0.25) is 4.90 Å². The lowest BCUT2D eigenvalue weighted by molar-refractivity contribution is 0.242. The van der Waals surface area contributed by atoms with E-state index in [-0.39, 0.29) is 0 Å². The van der Waals surface area contributed by atoms with Gasteiger partial charge in [-0.1, -0.05) is 18.6 Å². The number of benzene rings is 1. The van der Waals surface area contributed by atoms with Crippen LogP contribution in [0.15, 0.2) is 30.5 Å². The Bertz CT molecular complexity index is 725. The molecule has 0 spiro atoms. The van der Waals surface area contributed by atoms with Crippen LogP contribution in [0.2, 0.25) is 0 Å². The fourth-order valence-electron chi connectivity index (χ4n) is 3.88. The number of hydrogen-bond acceptors (Lipinski definition) is 5. The summed E-state index contributed by atoms with van der Waals surface area (Å²) in [4.78, 5) is 12.0. The molecule has 138 valence electrons. The van der Waals surface area contributed by atoms with E-state index in [0.717, 1.165) is 50.6 Å². The van der Waals surface area contributed by atoms with E-state index in [4.69, 9.17) is 9.72 Å². The average Bonchev–Trinajstić information content (AvgIpc) is 2.70. The predicted molar refractivity (Wildman–Crippen MR) is 102 cm³/mol. The van der Waals surface area contributed by atoms with Crippen LogP contribution in [0.25, 0.3) is 0 Å². The van der Waals surface area contributed by atoms with Crippen molar-refractivity contribution >= 4 is 0 Å². The van der Waals surface area contributed by atoms with Gasteiger partial charge >= 0.3 is 0 Å². The highest BCUT2D eigenvalue weighted by atomic mass is 16.5. The molecule has 0 saturated carbocycles. The molecule has 2 aliphatic rings. The SMILES string of the molecule is CCOc1ccc(CN2CCc3nc(C4CCCCN4)ncc3C2)cc1. The third-order valence-electron chi connectivity index (χ3n) is 5.29. The minimum atomic E-state index is 0.343. The van der Waals surface area contributed by atoms with Crippen LogP contribution in [0.4, 0.5) is 0 Å². The van der Waals surface area contributed by atoms with Crippen LogP contribution >= 0.6 is 0 Å². The summed E-state index contributed by atoms with van der Waals surface area (Å²) in [5.41, 5.74) is 3.84. The molecule has 1 unspecified atom stereocenters. The summed E-state index contributed by atoms with van der Waals surface area (Å²) < 4.78 is 5.52. The van der Waals surface area contributed by atoms with E-state index in [0.29, 0.717) is 12.6 Å². The van der Waals surface area contributed by atoms with Crippen molar-refractivity contribution in [1.82, 2.24) is 20.2 Å². The maximum Gasteiger partial charge on any atom is 0.145 e. The van der Waals surface area contributed by atoms with Crippen LogP contribution in [0.3, 0.4) is 0 Å². The largest absolute Gasteiger partial charge is 0.494 e. The van der Waals surface area contributed by atoms with Gasteiger partial charge in [0, 0.05) is 43.5 Å². The predicted octanol–water partition coefficient (Wildman–Crippen LogP) is 3.25. The first kappa shape index (κ1) is 17.4. The number of piperidine rings is 1. The lowest BCUT2D eigenvalue weighted by atomic mass is 10.0. The second-order valence-electron chi connectivity index (χ2n) is 7.24. The molecule has 26 heavy (non-hydrogen) atoms. The summed E-state index contributed by atoms with van der Waals surface area (Å²) in [5.74, 6) is 1.93. The fraction of sp³-hybridized carbons (Fsp3) is 0.524. The number of aromatic nitrogens is 2. The molecule has 4 rings (SSSR count). The summed E-state index contributed by atoms with van der Waals surface area (Å²) in [7, 11) is 0. The van der Waals surface area contributed by atoms with E-state index in [9.17, 15) is 0 Å². The molecule has 5 heteroatoms. The topological polar surface area (TPSA) is 50.3 Å². The second-order valence-corrected chi connectivity index (χ2v) is 7.24. The van der Waals surface area contributed by atoms with E-state index in [1.807, 2.05) is 6.92 Å². The van der Waals surface area contributed by atoms with Gasteiger partial charge in [0.25, 0.3) is 0 Å². The van der Waals surface area contributed by atoms with E-state index in [2.05, 4.69) is 45.7 Å². The van der Waals surface area contributed by atoms with Crippen molar-refractivity contribution in [3.8, 4) is 5.75 Å². The lowest BCUT2D eigenvalue weighted by Crippen LogP contribution is -2.33. The van der Waals surface area contributed by atoms with Crippen molar-refractivity contribution in [2.75, 3.05) is 19.7 Å². The summed E-state index contributed by atoms with van der Waals surface area (Å²) in [6.07, 6.45) is 6.76. The molecule has 1 saturated heterocycles. The molecule has 2 aromatic rings. The molecule has 1 N–H and O–H groups in total. The molecule has 3 heterocycles. The van der Waals surface area contributed by atoms with Crippen LogP contribution in [-0.2, 0) is 19.5 Å². The van der Waals surface area contributed by atoms with Crippen LogP contribution in [0.5, 0.6) is 5.75 Å². The Morgan fingerprint density at radius 2 is 2.12 bits per heavy atom. The monoisotopic (exact) mass is 352 g/mol. The maximum atomic E-state index is 5.52. The minimum absolute atomic E-state index is 0.343. The average molecular weight is 352 g/mol. The number of fused-ring (bicyclic) bond motifs is 1. The van der Waals surface area contributed by atoms with E-state index >= 15 is 0 Å². The van der Waals surface area contributed by atoms with Gasteiger partial charge in [-0.05, 0) is 44.0 Å². The summed E-state index contributed by atoms with van der Waals surface area (Å²) in [5, 5.41) is 3.55. The summed E-state index contributed by atoms with van der Waals surface area (Å²) in [6, 6.07) is 8.78. The molecule has 5 nitrogen and oxygen atoms in total. The number of nitrogens with one attached hydrogen (secondary N) is 1. The van der Waals surface area contributed by atoms with Crippen LogP contribution in [-0.4, -0.2) is 34.6 Å². The van der Waals surface area contributed by atoms with Gasteiger partial charge in [-0.15, -0.1) is 0 Å². The van der Waals surface area contributed by atoms with Crippen molar-refractivity contribution in [3.63, 3.8) is 0 Å². The molecule has 1 aromatic carbocycles. The molecule has 1 atom stereocenters. The first-order valence-corrected chi connectivity index (χ1v) is 9.84. The van der Waals surface area contributed by atoms with Gasteiger partial charge in [0.05, 0.1) is 12.6 Å². The molecular formula is C21H28N4O. The first-order valence-electron chi connectivity index (χ1n) is 9.84. The Morgan fingerprint density at radius 1 is 1.23 bits per heavy atom. The summed E-state index contributed by atoms with van der Waals surface area (Å²) in [6.45, 7) is 6.74. The molecule has 1 aromatic heterocycles. The van der Waals surface area contributed by atoms with Crippen molar-refractivity contribution in [1.29, 1.82) is 0 Å². The highest BCUT2D eigenvalue weighted by Crippen LogP contribution is 2.24. The van der Waals surface area contributed by atoms with Gasteiger partial charge in [-0.25, -0.2) is 9.97 Å². The Hall–Kier alpha value is -1.98. The number of rotatable bonds is 5. The van der Waals surface area contributed by atoms with Crippen LogP contribution < -0.4 is 10.1 Å². The smallest absolute Gasteiger partial charge is 0.145 e. The highest BCUT2D eigenvalue weighted by Gasteiger charge is 2.22. The molecule has 0 bridgehead atoms. The zero-order valence-electron chi connectivity index (χ0n) is 15.6. The van der Waals surface area contributed by atoms with E-state index in [1.165, 1.54) is 29.7 Å². The van der Waals surface area contributed by atoms with Crippen molar-refractivity contribution in [3.05, 3.63) is 53.1 Å². The Morgan fingerprint density at radius 3 is 2.88 bits per heavy atom. The highest BCUT2D eigenvalue weighted by molar-refractivity contribution is 5.28. The van der Waals surface area contributed by atoms with E-state index in [1.54, 1.807) is 0 Å². The third kappa shape index (κ3) is 4.05. The molecular weight excluding hydrogens is 324 g/mol. The second kappa shape index (κ2) is 8.14. The van der Waals surface area contributed by atoms with Gasteiger partial charge in [0.2, 0.25) is 0 Å². The zero-order valence-corrected chi connectivity index (χ0v) is 15.6. The minimum Gasteiger partial charge on any atom is -0.494 e. The van der Waals surface area contributed by atoms with Gasteiger partial charge in [0.15, 0.2) is 0 Å². The maximum absolute atomic E-state index is 5.52. The van der Waals surface area contributed by atoms with Crippen molar-refractivity contribution in [2.45, 2.75) is 51.7 Å². The Labute approximate surface area is 155 Å². The van der Waals surface area contributed by atoms with Gasteiger partial charge in [0.1, 0.15) is 11.6 Å². The zero-order chi connectivity index (χ0) is 17.8. The quantitative estimate of drug-likeness (QED) is 0.895. The van der Waals surface area contributed by atoms with Crippen molar-refractivity contribution in [2.24, 2.45) is 0 Å². The van der Waals surface area contributed by atoms with Crippen LogP contribution in [0.1, 0.15) is 54.9 Å². The molecule has 0 amide bonds. The van der Waals surface area contributed by atoms with Crippen molar-refractivity contribution < 1.29 is 4.74 Å². The Balaban J connectivity index is 1.39. The Kier molecular flexibility index (Phi) is 5.46. The molecule has 0 radical (unpaired) electrons. The van der Waals surface area contributed by atoms with Gasteiger partial charge < -0.3 is 10.1 Å². The van der Waals surface area contributed by atoms with Gasteiger partial charge in [-0.2, -0.15) is 0 Å². The molecule has 1 fully saturated rings. The summed E-state index contributed by atoms with van der Waals surface area (Å²) >= 11 is 0. The lowest BCUT2D eigenvalue weighted by Gasteiger charge is -2.29.